The van der Waals surface area contributed by atoms with E-state index in [1.807, 2.05) is 48.5 Å². The van der Waals surface area contributed by atoms with Crippen LogP contribution in [0.5, 0.6) is 11.5 Å². The quantitative estimate of drug-likeness (QED) is 0.121. The lowest BCUT2D eigenvalue weighted by atomic mass is 9.95. The number of nitrogens with zero attached hydrogens (tertiary/aromatic N) is 2. The van der Waals surface area contributed by atoms with Gasteiger partial charge in [-0.2, -0.15) is 0 Å². The number of halogens is 2. The first kappa shape index (κ1) is 28.6. The predicted molar refractivity (Wildman–Crippen MR) is 175 cm³/mol. The van der Waals surface area contributed by atoms with Gasteiger partial charge in [-0.15, -0.1) is 34.5 Å². The summed E-state index contributed by atoms with van der Waals surface area (Å²) < 4.78 is 5.55. The van der Waals surface area contributed by atoms with Crippen molar-refractivity contribution in [3.8, 4) is 11.5 Å². The van der Waals surface area contributed by atoms with Gasteiger partial charge >= 0.3 is 5.97 Å². The number of ether oxygens (including phenoxy) is 1. The number of esters is 1. The predicted octanol–water partition coefficient (Wildman–Crippen LogP) is 7.65. The van der Waals surface area contributed by atoms with Crippen molar-refractivity contribution in [3.05, 3.63) is 93.7 Å². The largest absolute Gasteiger partial charge is 0.507 e. The zero-order valence-electron chi connectivity index (χ0n) is 23.6. The van der Waals surface area contributed by atoms with Crippen molar-refractivity contribution in [2.24, 2.45) is 0 Å². The lowest BCUT2D eigenvalue weighted by Gasteiger charge is -2.19. The Kier molecular flexibility index (Phi) is 7.23. The number of hydrogen-bond acceptors (Lipinski definition) is 6. The third-order valence-corrected chi connectivity index (χ3v) is 10.2. The maximum atomic E-state index is 14.0. The van der Waals surface area contributed by atoms with Crippen molar-refractivity contribution in [1.82, 2.24) is 0 Å². The molecule has 10 heteroatoms. The zero-order valence-corrected chi connectivity index (χ0v) is 25.9. The third kappa shape index (κ3) is 4.51. The Labute approximate surface area is 267 Å². The van der Waals surface area contributed by atoms with Crippen molar-refractivity contribution < 1.29 is 24.2 Å². The van der Waals surface area contributed by atoms with Crippen molar-refractivity contribution in [3.63, 3.8) is 0 Å². The topological polar surface area (TPSA) is 87.2 Å². The fourth-order valence-corrected chi connectivity index (χ4v) is 7.96. The van der Waals surface area contributed by atoms with Crippen LogP contribution in [-0.4, -0.2) is 47.7 Å². The highest BCUT2D eigenvalue weighted by atomic mass is 35.5. The molecule has 3 heterocycles. The monoisotopic (exact) mass is 644 g/mol. The fraction of sp³-hybridized carbons (Fsp3) is 0.206. The summed E-state index contributed by atoms with van der Waals surface area (Å²) >= 11 is 13.9. The molecule has 1 unspecified atom stereocenters. The van der Waals surface area contributed by atoms with Crippen LogP contribution in [0.2, 0.25) is 0 Å². The second kappa shape index (κ2) is 11.1. The van der Waals surface area contributed by atoms with Gasteiger partial charge in [0.15, 0.2) is 0 Å². The summed E-state index contributed by atoms with van der Waals surface area (Å²) in [5.41, 5.74) is 3.13. The number of anilines is 2. The van der Waals surface area contributed by atoms with E-state index < -0.39 is 5.97 Å². The summed E-state index contributed by atoms with van der Waals surface area (Å²) in [7, 11) is 0. The molecule has 2 atom stereocenters. The molecule has 0 spiro atoms. The Bertz CT molecular complexity index is 2010. The van der Waals surface area contributed by atoms with Gasteiger partial charge in [0, 0.05) is 66.5 Å². The highest BCUT2D eigenvalue weighted by Gasteiger charge is 2.38. The minimum atomic E-state index is -0.456. The molecule has 0 saturated carbocycles. The van der Waals surface area contributed by atoms with Crippen LogP contribution in [0.3, 0.4) is 0 Å². The third-order valence-electron chi connectivity index (χ3n) is 8.42. The molecule has 2 amide bonds. The van der Waals surface area contributed by atoms with Gasteiger partial charge in [0.25, 0.3) is 11.8 Å². The molecule has 2 aliphatic rings. The van der Waals surface area contributed by atoms with E-state index in [0.717, 1.165) is 38.6 Å². The van der Waals surface area contributed by atoms with Crippen LogP contribution >= 0.6 is 34.5 Å². The molecule has 0 bridgehead atoms. The van der Waals surface area contributed by atoms with Crippen LogP contribution in [0.4, 0.5) is 11.4 Å². The standard InChI is InChI=1S/C34H26Cl2N2O5S/c1-18(39)43-28-13-26-32(24-9-5-3-7-22(24)28)20(15-36)17-38(26)34(42)30-11-10-29(44-30)33(41)37-16-19(14-35)31-23-8-4-2-6-21(23)27(40)12-25(31)37/h2-13,19-20,40H,14-17H2,1H3/t19-,20?/m1/s1. The van der Waals surface area contributed by atoms with Crippen molar-refractivity contribution in [2.75, 3.05) is 34.6 Å². The molecule has 1 N–H and O–H groups in total. The highest BCUT2D eigenvalue weighted by Crippen LogP contribution is 2.48. The minimum Gasteiger partial charge on any atom is -0.507 e. The highest BCUT2D eigenvalue weighted by molar-refractivity contribution is 7.16. The number of carbonyl (C=O) groups excluding carboxylic acids is 3. The molecular formula is C34H26Cl2N2O5S. The van der Waals surface area contributed by atoms with Gasteiger partial charge in [-0.25, -0.2) is 0 Å². The lowest BCUT2D eigenvalue weighted by molar-refractivity contribution is -0.131. The van der Waals surface area contributed by atoms with Gasteiger partial charge < -0.3 is 19.6 Å². The summed E-state index contributed by atoms with van der Waals surface area (Å²) in [5, 5.41) is 14.0. The Hall–Kier alpha value is -4.11. The number of benzene rings is 4. The van der Waals surface area contributed by atoms with Crippen molar-refractivity contribution in [2.45, 2.75) is 18.8 Å². The molecule has 7 nitrogen and oxygen atoms in total. The number of rotatable bonds is 5. The maximum Gasteiger partial charge on any atom is 0.308 e. The molecule has 0 fully saturated rings. The van der Waals surface area contributed by atoms with E-state index in [-0.39, 0.29) is 29.4 Å². The fourth-order valence-electron chi connectivity index (χ4n) is 6.55. The number of phenols is 1. The average Bonchev–Trinajstić information content (AvgIpc) is 3.76. The van der Waals surface area contributed by atoms with E-state index in [1.54, 1.807) is 34.1 Å². The molecule has 4 aromatic carbocycles. The Morgan fingerprint density at radius 1 is 0.773 bits per heavy atom. The number of thiophene rings is 1. The first-order chi connectivity index (χ1) is 21.3. The van der Waals surface area contributed by atoms with Crippen LogP contribution in [0, 0.1) is 0 Å². The SMILES string of the molecule is CC(=O)Oc1cc2c(c3ccccc13)C(CCl)CN2C(=O)c1ccc(C(=O)N2C[C@@H](CCl)c3c2cc(O)c2ccccc32)s1. The molecule has 5 aromatic rings. The lowest BCUT2D eigenvalue weighted by Crippen LogP contribution is -2.30. The molecule has 7 rings (SSSR count). The number of phenolic OH excluding ortho intramolecular Hbond substituents is 1. The molecule has 0 saturated heterocycles. The summed E-state index contributed by atoms with van der Waals surface area (Å²) in [4.78, 5) is 43.9. The van der Waals surface area contributed by atoms with Gasteiger partial charge in [-0.05, 0) is 34.0 Å². The molecule has 44 heavy (non-hydrogen) atoms. The van der Waals surface area contributed by atoms with E-state index in [4.69, 9.17) is 27.9 Å². The van der Waals surface area contributed by atoms with E-state index in [9.17, 15) is 19.5 Å². The molecule has 1 aromatic heterocycles. The van der Waals surface area contributed by atoms with Gasteiger partial charge in [0.1, 0.15) is 11.5 Å². The van der Waals surface area contributed by atoms with Crippen molar-refractivity contribution in [1.29, 1.82) is 0 Å². The summed E-state index contributed by atoms with van der Waals surface area (Å²) in [6.45, 7) is 2.07. The van der Waals surface area contributed by atoms with Gasteiger partial charge in [-0.3, -0.25) is 14.4 Å². The Morgan fingerprint density at radius 3 is 1.77 bits per heavy atom. The second-order valence-corrected chi connectivity index (χ2v) is 12.7. The van der Waals surface area contributed by atoms with Crippen LogP contribution in [0.1, 0.15) is 49.2 Å². The van der Waals surface area contributed by atoms with Crippen molar-refractivity contribution >= 4 is 85.2 Å². The molecule has 0 radical (unpaired) electrons. The van der Waals surface area contributed by atoms with Gasteiger partial charge in [0.05, 0.1) is 21.1 Å². The minimum absolute atomic E-state index is 0.0941. The first-order valence-electron chi connectivity index (χ1n) is 14.1. The first-order valence-corrected chi connectivity index (χ1v) is 16.0. The molecule has 222 valence electrons. The van der Waals surface area contributed by atoms with E-state index in [0.29, 0.717) is 57.1 Å². The smallest absolute Gasteiger partial charge is 0.308 e. The van der Waals surface area contributed by atoms with Crippen LogP contribution in [0.25, 0.3) is 21.5 Å². The Balaban J connectivity index is 1.23. The maximum absolute atomic E-state index is 14.0. The van der Waals surface area contributed by atoms with E-state index >= 15 is 0 Å². The van der Waals surface area contributed by atoms with Crippen LogP contribution < -0.4 is 14.5 Å². The van der Waals surface area contributed by atoms with E-state index in [1.165, 1.54) is 6.92 Å². The number of amides is 2. The van der Waals surface area contributed by atoms with Gasteiger partial charge in [0.2, 0.25) is 0 Å². The summed E-state index contributed by atoms with van der Waals surface area (Å²) in [5.74, 6) is -0.115. The molecular weight excluding hydrogens is 619 g/mol. The summed E-state index contributed by atoms with van der Waals surface area (Å²) in [6.07, 6.45) is 0. The number of fused-ring (bicyclic) bond motifs is 6. The zero-order chi connectivity index (χ0) is 30.7. The summed E-state index contributed by atoms with van der Waals surface area (Å²) in [6, 6.07) is 21.8. The van der Waals surface area contributed by atoms with E-state index in [2.05, 4.69) is 0 Å². The number of carbonyl (C=O) groups is 3. The number of alkyl halides is 2. The van der Waals surface area contributed by atoms with Gasteiger partial charge in [-0.1, -0.05) is 48.5 Å². The Morgan fingerprint density at radius 2 is 1.25 bits per heavy atom. The second-order valence-electron chi connectivity index (χ2n) is 11.0. The molecule has 2 aliphatic heterocycles. The number of hydrogen-bond donors (Lipinski definition) is 1. The number of aromatic hydroxyl groups is 1. The average molecular weight is 646 g/mol. The van der Waals surface area contributed by atoms with Crippen LogP contribution in [-0.2, 0) is 4.79 Å². The molecule has 0 aliphatic carbocycles. The normalized spacial score (nSPS) is 17.2. The van der Waals surface area contributed by atoms with Crippen LogP contribution in [0.15, 0.2) is 72.8 Å².